The van der Waals surface area contributed by atoms with E-state index < -0.39 is 0 Å². The Labute approximate surface area is 151 Å². The van der Waals surface area contributed by atoms with E-state index in [9.17, 15) is 9.59 Å². The van der Waals surface area contributed by atoms with Gasteiger partial charge in [-0.2, -0.15) is 0 Å². The number of fused-ring (bicyclic) bond motifs is 1. The molecule has 1 aromatic carbocycles. The fourth-order valence-electron chi connectivity index (χ4n) is 4.05. The summed E-state index contributed by atoms with van der Waals surface area (Å²) >= 11 is 1.59. The SMILES string of the molecule is Cn1cc(SCC(=O)N2CC[C@@]3(CCCNC3=O)C2)c2ccccc21. The van der Waals surface area contributed by atoms with Gasteiger partial charge in [-0.25, -0.2) is 0 Å². The first kappa shape index (κ1) is 16.5. The Morgan fingerprint density at radius 3 is 3.00 bits per heavy atom. The number of para-hydroxylation sites is 1. The van der Waals surface area contributed by atoms with Gasteiger partial charge in [-0.3, -0.25) is 9.59 Å². The number of nitrogens with one attached hydrogen (secondary N) is 1. The number of rotatable bonds is 3. The first-order valence-corrected chi connectivity index (χ1v) is 9.81. The molecule has 2 aliphatic heterocycles. The molecule has 0 unspecified atom stereocenters. The largest absolute Gasteiger partial charge is 0.356 e. The van der Waals surface area contributed by atoms with Crippen LogP contribution in [0.1, 0.15) is 19.3 Å². The molecule has 1 N–H and O–H groups in total. The lowest BCUT2D eigenvalue weighted by Crippen LogP contribution is -2.48. The van der Waals surface area contributed by atoms with Crippen molar-refractivity contribution in [3.63, 3.8) is 0 Å². The number of thioether (sulfide) groups is 1. The Bertz CT molecular complexity index is 831. The molecular weight excluding hydrogens is 334 g/mol. The molecule has 0 radical (unpaired) electrons. The Kier molecular flexibility index (Phi) is 4.23. The fraction of sp³-hybridized carbons (Fsp3) is 0.474. The van der Waals surface area contributed by atoms with E-state index in [4.69, 9.17) is 0 Å². The number of amides is 2. The zero-order chi connectivity index (χ0) is 17.4. The van der Waals surface area contributed by atoms with Crippen molar-refractivity contribution in [2.75, 3.05) is 25.4 Å². The second kappa shape index (κ2) is 6.41. The lowest BCUT2D eigenvalue weighted by Gasteiger charge is -2.32. The van der Waals surface area contributed by atoms with E-state index in [2.05, 4.69) is 28.2 Å². The Morgan fingerprint density at radius 1 is 1.32 bits per heavy atom. The van der Waals surface area contributed by atoms with Gasteiger partial charge >= 0.3 is 0 Å². The highest BCUT2D eigenvalue weighted by Gasteiger charge is 2.46. The minimum absolute atomic E-state index is 0.133. The molecule has 2 fully saturated rings. The smallest absolute Gasteiger partial charge is 0.232 e. The number of carbonyl (C=O) groups excluding carboxylic acids is 2. The monoisotopic (exact) mass is 357 g/mol. The molecule has 2 aromatic rings. The predicted molar refractivity (Wildman–Crippen MR) is 99.5 cm³/mol. The summed E-state index contributed by atoms with van der Waals surface area (Å²) in [4.78, 5) is 27.9. The maximum absolute atomic E-state index is 12.7. The molecule has 4 rings (SSSR count). The van der Waals surface area contributed by atoms with Crippen molar-refractivity contribution in [2.45, 2.75) is 24.2 Å². The van der Waals surface area contributed by atoms with Crippen molar-refractivity contribution in [1.29, 1.82) is 0 Å². The van der Waals surface area contributed by atoms with Crippen LogP contribution < -0.4 is 5.32 Å². The summed E-state index contributed by atoms with van der Waals surface area (Å²) in [5.41, 5.74) is 0.842. The molecule has 0 bridgehead atoms. The zero-order valence-corrected chi connectivity index (χ0v) is 15.3. The number of aromatic nitrogens is 1. The van der Waals surface area contributed by atoms with Crippen LogP contribution in [0, 0.1) is 5.41 Å². The number of aryl methyl sites for hydroxylation is 1. The molecule has 0 aliphatic carbocycles. The average Bonchev–Trinajstić information content (AvgIpc) is 3.19. The third-order valence-electron chi connectivity index (χ3n) is 5.52. The standard InChI is InChI=1S/C19H23N3O2S/c1-21-11-16(14-5-2-3-6-15(14)21)25-12-17(23)22-10-8-19(13-22)7-4-9-20-18(19)24/h2-3,5-6,11H,4,7-10,12-13H2,1H3,(H,20,24)/t19-/m0/s1. The number of carbonyl (C=O) groups is 2. The molecular formula is C19H23N3O2S. The van der Waals surface area contributed by atoms with Crippen LogP contribution >= 0.6 is 11.8 Å². The predicted octanol–water partition coefficient (Wildman–Crippen LogP) is 2.40. The quantitative estimate of drug-likeness (QED) is 0.858. The van der Waals surface area contributed by atoms with Crippen LogP contribution in [0.15, 0.2) is 35.4 Å². The maximum Gasteiger partial charge on any atom is 0.232 e. The van der Waals surface area contributed by atoms with Gasteiger partial charge in [-0.05, 0) is 25.3 Å². The molecule has 25 heavy (non-hydrogen) atoms. The van der Waals surface area contributed by atoms with Gasteiger partial charge in [-0.1, -0.05) is 18.2 Å². The molecule has 5 nitrogen and oxygen atoms in total. The molecule has 1 spiro atoms. The summed E-state index contributed by atoms with van der Waals surface area (Å²) in [6, 6.07) is 8.24. The van der Waals surface area contributed by atoms with E-state index in [1.165, 1.54) is 10.9 Å². The van der Waals surface area contributed by atoms with Crippen molar-refractivity contribution in [1.82, 2.24) is 14.8 Å². The molecule has 1 atom stereocenters. The number of nitrogens with zero attached hydrogens (tertiary/aromatic N) is 2. The van der Waals surface area contributed by atoms with Crippen LogP contribution in [0.5, 0.6) is 0 Å². The van der Waals surface area contributed by atoms with E-state index in [0.29, 0.717) is 18.8 Å². The van der Waals surface area contributed by atoms with Crippen molar-refractivity contribution >= 4 is 34.5 Å². The molecule has 2 aliphatic rings. The lowest BCUT2D eigenvalue weighted by atomic mass is 9.79. The first-order chi connectivity index (χ1) is 12.1. The van der Waals surface area contributed by atoms with Gasteiger partial charge in [0.05, 0.1) is 11.2 Å². The van der Waals surface area contributed by atoms with Crippen LogP contribution in [-0.2, 0) is 16.6 Å². The molecule has 3 heterocycles. The molecule has 1 aromatic heterocycles. The van der Waals surface area contributed by atoms with Crippen molar-refractivity contribution in [3.05, 3.63) is 30.5 Å². The van der Waals surface area contributed by atoms with Gasteiger partial charge < -0.3 is 14.8 Å². The van der Waals surface area contributed by atoms with E-state index >= 15 is 0 Å². The fourth-order valence-corrected chi connectivity index (χ4v) is 5.08. The zero-order valence-electron chi connectivity index (χ0n) is 14.5. The summed E-state index contributed by atoms with van der Waals surface area (Å²) < 4.78 is 2.10. The highest BCUT2D eigenvalue weighted by molar-refractivity contribution is 8.00. The van der Waals surface area contributed by atoms with Gasteiger partial charge in [0, 0.05) is 48.7 Å². The van der Waals surface area contributed by atoms with Gasteiger partial charge in [-0.15, -0.1) is 11.8 Å². The molecule has 0 saturated carbocycles. The number of benzene rings is 1. The normalized spacial score (nSPS) is 23.4. The van der Waals surface area contributed by atoms with Crippen molar-refractivity contribution in [3.8, 4) is 0 Å². The number of piperidine rings is 1. The number of hydrogen-bond acceptors (Lipinski definition) is 3. The van der Waals surface area contributed by atoms with Crippen LogP contribution in [-0.4, -0.2) is 46.7 Å². The first-order valence-electron chi connectivity index (χ1n) is 8.82. The molecule has 2 amide bonds. The van der Waals surface area contributed by atoms with Crippen LogP contribution in [0.2, 0.25) is 0 Å². The molecule has 132 valence electrons. The third-order valence-corrected chi connectivity index (χ3v) is 6.55. The highest BCUT2D eigenvalue weighted by Crippen LogP contribution is 2.38. The second-order valence-corrected chi connectivity index (χ2v) is 8.13. The van der Waals surface area contributed by atoms with Gasteiger partial charge in [0.15, 0.2) is 0 Å². The minimum Gasteiger partial charge on any atom is -0.356 e. The summed E-state index contributed by atoms with van der Waals surface area (Å²) in [6.45, 7) is 2.04. The number of likely N-dealkylation sites (tertiary alicyclic amines) is 1. The van der Waals surface area contributed by atoms with E-state index in [0.717, 1.165) is 30.7 Å². The lowest BCUT2D eigenvalue weighted by molar-refractivity contribution is -0.134. The van der Waals surface area contributed by atoms with Gasteiger partial charge in [0.1, 0.15) is 0 Å². The minimum atomic E-state index is -0.335. The maximum atomic E-state index is 12.7. The van der Waals surface area contributed by atoms with Crippen LogP contribution in [0.4, 0.5) is 0 Å². The summed E-state index contributed by atoms with van der Waals surface area (Å²) in [5.74, 6) is 0.690. The van der Waals surface area contributed by atoms with Crippen LogP contribution in [0.3, 0.4) is 0 Å². The van der Waals surface area contributed by atoms with Crippen molar-refractivity contribution in [2.24, 2.45) is 12.5 Å². The van der Waals surface area contributed by atoms with Gasteiger partial charge in [0.25, 0.3) is 0 Å². The van der Waals surface area contributed by atoms with Crippen molar-refractivity contribution < 1.29 is 9.59 Å². The van der Waals surface area contributed by atoms with Crippen LogP contribution in [0.25, 0.3) is 10.9 Å². The Morgan fingerprint density at radius 2 is 2.16 bits per heavy atom. The third kappa shape index (κ3) is 2.92. The Hall–Kier alpha value is -1.95. The molecule has 6 heteroatoms. The van der Waals surface area contributed by atoms with E-state index in [-0.39, 0.29) is 17.2 Å². The summed E-state index contributed by atoms with van der Waals surface area (Å²) in [7, 11) is 2.03. The summed E-state index contributed by atoms with van der Waals surface area (Å²) in [6.07, 6.45) is 4.80. The molecule has 2 saturated heterocycles. The topological polar surface area (TPSA) is 54.3 Å². The summed E-state index contributed by atoms with van der Waals surface area (Å²) in [5, 5.41) is 4.16. The van der Waals surface area contributed by atoms with E-state index in [1.807, 2.05) is 24.1 Å². The second-order valence-electron chi connectivity index (χ2n) is 7.12. The van der Waals surface area contributed by atoms with E-state index in [1.54, 1.807) is 11.8 Å². The Balaban J connectivity index is 1.42. The number of hydrogen-bond donors (Lipinski definition) is 1. The average molecular weight is 357 g/mol. The highest BCUT2D eigenvalue weighted by atomic mass is 32.2. The van der Waals surface area contributed by atoms with Gasteiger partial charge in [0.2, 0.25) is 11.8 Å².